The number of benzene rings is 4. The van der Waals surface area contributed by atoms with E-state index >= 15 is 0 Å². The van der Waals surface area contributed by atoms with Crippen LogP contribution in [-0.2, 0) is 30.8 Å². The molecule has 4 aromatic rings. The molecule has 159 valence electrons. The first-order chi connectivity index (χ1) is 15.4. The van der Waals surface area contributed by atoms with Crippen LogP contribution in [0.25, 0.3) is 22.3 Å². The summed E-state index contributed by atoms with van der Waals surface area (Å²) in [7, 11) is 0. The zero-order valence-corrected chi connectivity index (χ0v) is 23.2. The summed E-state index contributed by atoms with van der Waals surface area (Å²) in [6.45, 7) is 5.27. The van der Waals surface area contributed by atoms with E-state index in [2.05, 4.69) is 107 Å². The molecule has 0 aliphatic heterocycles. The Morgan fingerprint density at radius 2 is 0.938 bits per heavy atom. The summed E-state index contributed by atoms with van der Waals surface area (Å²) in [6.07, 6.45) is 2.20. The summed E-state index contributed by atoms with van der Waals surface area (Å²) < 4.78 is 9.06. The molecule has 0 radical (unpaired) electrons. The maximum absolute atomic E-state index is 3.52. The van der Waals surface area contributed by atoms with Gasteiger partial charge in [-0.05, 0) is 0 Å². The van der Waals surface area contributed by atoms with Crippen molar-refractivity contribution >= 4 is 12.5 Å². The number of hydrogen-bond donors (Lipinski definition) is 0. The third kappa shape index (κ3) is 2.63. The molecule has 0 unspecified atom stereocenters. The molecule has 6 rings (SSSR count). The Morgan fingerprint density at radius 3 is 1.38 bits per heavy atom. The monoisotopic (exact) mass is 509 g/mol. The first kappa shape index (κ1) is 20.6. The van der Waals surface area contributed by atoms with Crippen molar-refractivity contribution in [3.8, 4) is 22.3 Å². The minimum atomic E-state index is -3.52. The van der Waals surface area contributed by atoms with Crippen LogP contribution in [0.5, 0.6) is 0 Å². The van der Waals surface area contributed by atoms with E-state index in [4.69, 9.17) is 0 Å². The van der Waals surface area contributed by atoms with Crippen molar-refractivity contribution < 1.29 is 17.9 Å². The summed E-state index contributed by atoms with van der Waals surface area (Å²) in [5.74, 6) is -1.02. The van der Waals surface area contributed by atoms with E-state index in [-0.39, 0.29) is 0 Å². The van der Waals surface area contributed by atoms with Gasteiger partial charge in [-0.1, -0.05) is 0 Å². The summed E-state index contributed by atoms with van der Waals surface area (Å²) in [5.41, 5.74) is 12.2. The molecule has 0 nitrogen and oxygen atoms in total. The second kappa shape index (κ2) is 6.99. The van der Waals surface area contributed by atoms with Crippen LogP contribution in [0.1, 0.15) is 22.3 Å². The van der Waals surface area contributed by atoms with Gasteiger partial charge in [0.05, 0.1) is 0 Å². The Bertz CT molecular complexity index is 1290. The first-order valence-corrected chi connectivity index (χ1v) is 26.5. The van der Waals surface area contributed by atoms with E-state index in [1.165, 1.54) is 33.4 Å². The Labute approximate surface area is 194 Å². The van der Waals surface area contributed by atoms with E-state index in [0.717, 1.165) is 12.8 Å². The molecule has 0 spiro atoms. The van der Waals surface area contributed by atoms with Crippen molar-refractivity contribution in [2.45, 2.75) is 35.2 Å². The third-order valence-electron chi connectivity index (χ3n) is 9.09. The predicted octanol–water partition coefficient (Wildman–Crippen LogP) is 6.55. The molecule has 2 aliphatic rings. The summed E-state index contributed by atoms with van der Waals surface area (Å²) >= 11 is -3.52. The second-order valence-electron chi connectivity index (χ2n) is 11.0. The fourth-order valence-corrected chi connectivity index (χ4v) is 29.5. The van der Waals surface area contributed by atoms with Crippen LogP contribution in [0.15, 0.2) is 84.9 Å². The first-order valence-electron chi connectivity index (χ1n) is 12.0. The number of fused-ring (bicyclic) bond motifs is 6. The Balaban J connectivity index is 1.63. The van der Waals surface area contributed by atoms with Crippen molar-refractivity contribution in [1.82, 2.24) is 0 Å². The molecule has 0 saturated heterocycles. The van der Waals surface area contributed by atoms with Crippen LogP contribution in [0.3, 0.4) is 0 Å². The molecular formula is C30H31SiZr. The van der Waals surface area contributed by atoms with E-state index in [1.807, 2.05) is 0 Å². The van der Waals surface area contributed by atoms with Gasteiger partial charge < -0.3 is 0 Å². The van der Waals surface area contributed by atoms with E-state index < -0.39 is 23.9 Å². The summed E-state index contributed by atoms with van der Waals surface area (Å²) in [4.78, 5) is 0. The van der Waals surface area contributed by atoms with Gasteiger partial charge in [0.25, 0.3) is 0 Å². The van der Waals surface area contributed by atoms with Crippen molar-refractivity contribution in [1.29, 1.82) is 0 Å². The SMILES string of the molecule is C[SiH](C)[Zr]([CH3])([CH3])([c]1cccc2c1Cc1ccccc1-2)[c]1cccc2c1Cc1ccccc1-2. The van der Waals surface area contributed by atoms with E-state index in [1.54, 1.807) is 17.7 Å². The second-order valence-corrected chi connectivity index (χ2v) is 46.9. The standard InChI is InChI=1S/2C13H9.C2H7Si.2CH3.Zr/c2*1-3-7-12-10(5-1)9-11-6-2-4-8-13(11)12;1-3-2;;;/h2*1-5,7-8H,9H2;3H,1-2H3;2*1H3;. The average molecular weight is 511 g/mol. The fraction of sp³-hybridized carbons (Fsp3) is 0.200. The van der Waals surface area contributed by atoms with Gasteiger partial charge >= 0.3 is 195 Å². The van der Waals surface area contributed by atoms with Gasteiger partial charge in [-0.25, -0.2) is 0 Å². The van der Waals surface area contributed by atoms with Gasteiger partial charge in [0.1, 0.15) is 0 Å². The molecule has 0 bridgehead atoms. The number of hydrogen-bond acceptors (Lipinski definition) is 0. The van der Waals surface area contributed by atoms with Crippen LogP contribution >= 0.6 is 0 Å². The van der Waals surface area contributed by atoms with Crippen LogP contribution in [-0.4, -0.2) is 5.92 Å². The number of rotatable bonds is 3. The Morgan fingerprint density at radius 1 is 0.531 bits per heavy atom. The molecule has 2 heteroatoms. The zero-order valence-electron chi connectivity index (χ0n) is 19.6. The van der Waals surface area contributed by atoms with Crippen LogP contribution < -0.4 is 6.54 Å². The molecule has 0 amide bonds. The van der Waals surface area contributed by atoms with Gasteiger partial charge in [-0.2, -0.15) is 0 Å². The van der Waals surface area contributed by atoms with Crippen LogP contribution in [0.4, 0.5) is 0 Å². The Kier molecular flexibility index (Phi) is 4.49. The van der Waals surface area contributed by atoms with E-state index in [9.17, 15) is 0 Å². The normalized spacial score (nSPS) is 15.0. The molecule has 0 fully saturated rings. The molecule has 4 aromatic carbocycles. The molecule has 0 saturated carbocycles. The van der Waals surface area contributed by atoms with E-state index in [0.29, 0.717) is 0 Å². The Hall–Kier alpha value is -2.02. The van der Waals surface area contributed by atoms with Crippen molar-refractivity contribution in [3.63, 3.8) is 0 Å². The predicted molar refractivity (Wildman–Crippen MR) is 139 cm³/mol. The summed E-state index contributed by atoms with van der Waals surface area (Å²) in [6, 6.07) is 32.6. The van der Waals surface area contributed by atoms with Gasteiger partial charge in [-0.15, -0.1) is 0 Å². The quantitative estimate of drug-likeness (QED) is 0.237. The maximum atomic E-state index is 2.77. The van der Waals surface area contributed by atoms with Gasteiger partial charge in [0, 0.05) is 0 Å². The van der Waals surface area contributed by atoms with Crippen molar-refractivity contribution in [2.24, 2.45) is 0 Å². The fourth-order valence-electron chi connectivity index (χ4n) is 6.52. The molecule has 0 heterocycles. The van der Waals surface area contributed by atoms with Crippen molar-refractivity contribution in [3.05, 3.63) is 107 Å². The van der Waals surface area contributed by atoms with Crippen molar-refractivity contribution in [2.75, 3.05) is 0 Å². The topological polar surface area (TPSA) is 0 Å². The minimum absolute atomic E-state index is 1.02. The molecular weight excluding hydrogens is 480 g/mol. The summed E-state index contributed by atoms with van der Waals surface area (Å²) in [5, 5.41) is 0. The van der Waals surface area contributed by atoms with Crippen LogP contribution in [0.2, 0.25) is 22.4 Å². The van der Waals surface area contributed by atoms with Gasteiger partial charge in [-0.3, -0.25) is 0 Å². The molecule has 0 aromatic heterocycles. The average Bonchev–Trinajstić information content (AvgIpc) is 3.37. The van der Waals surface area contributed by atoms with Gasteiger partial charge in [0.15, 0.2) is 0 Å². The molecule has 2 aliphatic carbocycles. The third-order valence-corrected chi connectivity index (χ3v) is 52.2. The zero-order chi connectivity index (χ0) is 22.1. The molecule has 0 atom stereocenters. The van der Waals surface area contributed by atoms with Gasteiger partial charge in [0.2, 0.25) is 0 Å². The van der Waals surface area contributed by atoms with Crippen LogP contribution in [0, 0.1) is 0 Å². The molecule has 0 N–H and O–H groups in total. The molecule has 32 heavy (non-hydrogen) atoms.